The van der Waals surface area contributed by atoms with Gasteiger partial charge in [0.2, 0.25) is 0 Å². The topological polar surface area (TPSA) is 95.2 Å². The first-order valence-corrected chi connectivity index (χ1v) is 6.58. The van der Waals surface area contributed by atoms with Crippen LogP contribution < -0.4 is 9.92 Å². The van der Waals surface area contributed by atoms with E-state index >= 15 is 0 Å². The summed E-state index contributed by atoms with van der Waals surface area (Å²) in [5.41, 5.74) is 6.10. The summed E-state index contributed by atoms with van der Waals surface area (Å²) in [4.78, 5) is 6.74. The van der Waals surface area contributed by atoms with Gasteiger partial charge in [0.25, 0.3) is 0 Å². The molecule has 0 saturated carbocycles. The minimum atomic E-state index is -4.06. The third kappa shape index (κ3) is 2.97. The highest BCUT2D eigenvalue weighted by Crippen LogP contribution is 2.17. The Balaban J connectivity index is 2.30. The lowest BCUT2D eigenvalue weighted by molar-refractivity contribution is 0.461. The SMILES string of the molecule is Cc1ccc(S(=O)(=O)Oc2ncc(F)c(N)n2)cc1. The minimum absolute atomic E-state index is 0.0513. The van der Waals surface area contributed by atoms with E-state index in [1.54, 1.807) is 12.1 Å². The monoisotopic (exact) mass is 283 g/mol. The van der Waals surface area contributed by atoms with Gasteiger partial charge in [0, 0.05) is 0 Å². The van der Waals surface area contributed by atoms with Crippen LogP contribution in [0.15, 0.2) is 35.4 Å². The van der Waals surface area contributed by atoms with E-state index in [9.17, 15) is 12.8 Å². The Morgan fingerprint density at radius 2 is 1.89 bits per heavy atom. The zero-order valence-electron chi connectivity index (χ0n) is 9.87. The van der Waals surface area contributed by atoms with Crippen LogP contribution in [0.2, 0.25) is 0 Å². The average Bonchev–Trinajstić information content (AvgIpc) is 2.34. The van der Waals surface area contributed by atoms with E-state index in [2.05, 4.69) is 14.2 Å². The Morgan fingerprint density at radius 3 is 2.47 bits per heavy atom. The molecular weight excluding hydrogens is 273 g/mol. The molecule has 2 rings (SSSR count). The number of benzene rings is 1. The maximum absolute atomic E-state index is 12.8. The highest BCUT2D eigenvalue weighted by atomic mass is 32.2. The zero-order valence-corrected chi connectivity index (χ0v) is 10.7. The molecule has 0 unspecified atom stereocenters. The van der Waals surface area contributed by atoms with Gasteiger partial charge in [-0.1, -0.05) is 17.7 Å². The normalized spacial score (nSPS) is 11.3. The summed E-state index contributed by atoms with van der Waals surface area (Å²) in [6.45, 7) is 1.82. The zero-order chi connectivity index (χ0) is 14.0. The molecule has 100 valence electrons. The summed E-state index contributed by atoms with van der Waals surface area (Å²) >= 11 is 0. The second-order valence-corrected chi connectivity index (χ2v) is 5.28. The number of nitrogen functional groups attached to an aromatic ring is 1. The molecule has 19 heavy (non-hydrogen) atoms. The van der Waals surface area contributed by atoms with Crippen LogP contribution in [0, 0.1) is 12.7 Å². The molecule has 0 spiro atoms. The first-order valence-electron chi connectivity index (χ1n) is 5.17. The Morgan fingerprint density at radius 1 is 1.26 bits per heavy atom. The van der Waals surface area contributed by atoms with E-state index in [1.807, 2.05) is 6.92 Å². The fraction of sp³-hybridized carbons (Fsp3) is 0.0909. The Kier molecular flexibility index (Phi) is 3.34. The minimum Gasteiger partial charge on any atom is -0.381 e. The van der Waals surface area contributed by atoms with Crippen LogP contribution in [-0.4, -0.2) is 18.4 Å². The largest absolute Gasteiger partial charge is 0.381 e. The van der Waals surface area contributed by atoms with Gasteiger partial charge < -0.3 is 9.92 Å². The fourth-order valence-electron chi connectivity index (χ4n) is 1.25. The van der Waals surface area contributed by atoms with Crippen molar-refractivity contribution >= 4 is 15.9 Å². The second kappa shape index (κ2) is 4.81. The van der Waals surface area contributed by atoms with Gasteiger partial charge in [-0.25, -0.2) is 4.39 Å². The van der Waals surface area contributed by atoms with Gasteiger partial charge in [0.15, 0.2) is 11.6 Å². The fourth-order valence-corrected chi connectivity index (χ4v) is 2.10. The molecule has 0 aliphatic carbocycles. The second-order valence-electron chi connectivity index (χ2n) is 3.74. The van der Waals surface area contributed by atoms with Crippen molar-refractivity contribution in [2.75, 3.05) is 5.73 Å². The standard InChI is InChI=1S/C11H10FN3O3S/c1-7-2-4-8(5-3-7)19(16,17)18-11-14-6-9(12)10(13)15-11/h2-6H,1H3,(H2,13,14,15). The van der Waals surface area contributed by atoms with Crippen molar-refractivity contribution in [2.24, 2.45) is 0 Å². The number of nitrogens with zero attached hydrogens (tertiary/aromatic N) is 2. The Bertz CT molecular complexity index is 702. The van der Waals surface area contributed by atoms with Crippen molar-refractivity contribution < 1.29 is 17.0 Å². The summed E-state index contributed by atoms with van der Waals surface area (Å²) in [5, 5.41) is 0. The molecule has 0 fully saturated rings. The molecule has 1 heterocycles. The molecule has 0 bridgehead atoms. The molecule has 0 saturated heterocycles. The van der Waals surface area contributed by atoms with Gasteiger partial charge in [0.1, 0.15) is 4.90 Å². The van der Waals surface area contributed by atoms with Crippen molar-refractivity contribution in [1.29, 1.82) is 0 Å². The average molecular weight is 283 g/mol. The van der Waals surface area contributed by atoms with Gasteiger partial charge in [-0.05, 0) is 19.1 Å². The number of rotatable bonds is 3. The number of nitrogens with two attached hydrogens (primary N) is 1. The maximum atomic E-state index is 12.8. The molecule has 2 N–H and O–H groups in total. The third-order valence-electron chi connectivity index (χ3n) is 2.24. The number of aryl methyl sites for hydroxylation is 1. The molecule has 0 radical (unpaired) electrons. The van der Waals surface area contributed by atoms with Crippen LogP contribution in [0.4, 0.5) is 10.2 Å². The van der Waals surface area contributed by atoms with Crippen LogP contribution in [0.1, 0.15) is 5.56 Å². The van der Waals surface area contributed by atoms with E-state index in [1.165, 1.54) is 12.1 Å². The lowest BCUT2D eigenvalue weighted by atomic mass is 10.2. The predicted molar refractivity (Wildman–Crippen MR) is 65.4 cm³/mol. The summed E-state index contributed by atoms with van der Waals surface area (Å²) in [6.07, 6.45) is 0.738. The third-order valence-corrected chi connectivity index (χ3v) is 3.46. The molecule has 6 nitrogen and oxygen atoms in total. The number of halogens is 1. The van der Waals surface area contributed by atoms with Crippen molar-refractivity contribution in [3.63, 3.8) is 0 Å². The van der Waals surface area contributed by atoms with E-state index in [4.69, 9.17) is 5.73 Å². The number of hydrogen-bond donors (Lipinski definition) is 1. The summed E-state index contributed by atoms with van der Waals surface area (Å²) in [7, 11) is -4.06. The van der Waals surface area contributed by atoms with Crippen molar-refractivity contribution in [1.82, 2.24) is 9.97 Å². The molecule has 0 atom stereocenters. The van der Waals surface area contributed by atoms with Crippen molar-refractivity contribution in [3.8, 4) is 6.01 Å². The molecule has 0 aliphatic heterocycles. The molecule has 2 aromatic rings. The van der Waals surface area contributed by atoms with E-state index in [0.29, 0.717) is 0 Å². The molecular formula is C11H10FN3O3S. The van der Waals surface area contributed by atoms with Crippen LogP contribution in [-0.2, 0) is 10.1 Å². The molecule has 0 amide bonds. The van der Waals surface area contributed by atoms with Gasteiger partial charge in [-0.3, -0.25) is 0 Å². The number of aromatic nitrogens is 2. The van der Waals surface area contributed by atoms with Gasteiger partial charge in [-0.15, -0.1) is 0 Å². The van der Waals surface area contributed by atoms with Crippen LogP contribution in [0.25, 0.3) is 0 Å². The quantitative estimate of drug-likeness (QED) is 0.852. The number of hydrogen-bond acceptors (Lipinski definition) is 6. The lowest BCUT2D eigenvalue weighted by Crippen LogP contribution is -2.12. The van der Waals surface area contributed by atoms with Crippen molar-refractivity contribution in [2.45, 2.75) is 11.8 Å². The first-order chi connectivity index (χ1) is 8.88. The van der Waals surface area contributed by atoms with Gasteiger partial charge in [-0.2, -0.15) is 18.4 Å². The van der Waals surface area contributed by atoms with E-state index < -0.39 is 27.8 Å². The Hall–Kier alpha value is -2.22. The van der Waals surface area contributed by atoms with Gasteiger partial charge >= 0.3 is 16.1 Å². The highest BCUT2D eigenvalue weighted by Gasteiger charge is 2.18. The molecule has 8 heteroatoms. The molecule has 1 aromatic heterocycles. The van der Waals surface area contributed by atoms with Crippen LogP contribution >= 0.6 is 0 Å². The predicted octanol–water partition coefficient (Wildman–Crippen LogP) is 1.27. The number of anilines is 1. The summed E-state index contributed by atoms with van der Waals surface area (Å²) in [6, 6.07) is 5.49. The summed E-state index contributed by atoms with van der Waals surface area (Å²) in [5.74, 6) is -1.33. The Labute approximate surface area is 109 Å². The van der Waals surface area contributed by atoms with Crippen LogP contribution in [0.5, 0.6) is 6.01 Å². The van der Waals surface area contributed by atoms with E-state index in [0.717, 1.165) is 11.8 Å². The van der Waals surface area contributed by atoms with E-state index in [-0.39, 0.29) is 4.90 Å². The van der Waals surface area contributed by atoms with Crippen LogP contribution in [0.3, 0.4) is 0 Å². The molecule has 1 aromatic carbocycles. The van der Waals surface area contributed by atoms with Crippen molar-refractivity contribution in [3.05, 3.63) is 41.8 Å². The highest BCUT2D eigenvalue weighted by molar-refractivity contribution is 7.87. The first kappa shape index (κ1) is 13.2. The maximum Gasteiger partial charge on any atom is 0.341 e. The van der Waals surface area contributed by atoms with Gasteiger partial charge in [0.05, 0.1) is 6.20 Å². The smallest absolute Gasteiger partial charge is 0.341 e. The lowest BCUT2D eigenvalue weighted by Gasteiger charge is -2.05. The molecule has 0 aliphatic rings. The summed E-state index contributed by atoms with van der Waals surface area (Å²) < 4.78 is 41.3.